The minimum atomic E-state index is -1.01. The summed E-state index contributed by atoms with van der Waals surface area (Å²) in [5.41, 5.74) is -0.681. The van der Waals surface area contributed by atoms with E-state index in [2.05, 4.69) is 9.47 Å². The van der Waals surface area contributed by atoms with Gasteiger partial charge in [0.2, 0.25) is 0 Å². The molecule has 0 aromatic heterocycles. The molecule has 0 aliphatic heterocycles. The second-order valence-corrected chi connectivity index (χ2v) is 1.83. The first-order valence-electron chi connectivity index (χ1n) is 2.99. The number of ether oxygens (including phenoxy) is 2. The second kappa shape index (κ2) is 4.32. The standard InChI is InChI=1S/C6H9NO5/c1-7(10)4(5(8)11-2)6(9)12-3/h1-3H3. The van der Waals surface area contributed by atoms with Gasteiger partial charge in [0.1, 0.15) is 7.05 Å². The Hall–Kier alpha value is -1.59. The molecule has 0 saturated carbocycles. The van der Waals surface area contributed by atoms with Crippen LogP contribution in [-0.2, 0) is 19.1 Å². The monoisotopic (exact) mass is 175 g/mol. The highest BCUT2D eigenvalue weighted by Gasteiger charge is 2.29. The van der Waals surface area contributed by atoms with Crippen LogP contribution in [0.5, 0.6) is 0 Å². The van der Waals surface area contributed by atoms with Gasteiger partial charge in [0.25, 0.3) is 0 Å². The zero-order valence-electron chi connectivity index (χ0n) is 6.99. The van der Waals surface area contributed by atoms with E-state index in [4.69, 9.17) is 0 Å². The highest BCUT2D eigenvalue weighted by molar-refractivity contribution is 6.60. The third-order valence-corrected chi connectivity index (χ3v) is 1.07. The summed E-state index contributed by atoms with van der Waals surface area (Å²) in [6.07, 6.45) is 0. The molecule has 6 heteroatoms. The molecule has 0 saturated heterocycles. The van der Waals surface area contributed by atoms with E-state index in [0.29, 0.717) is 0 Å². The van der Waals surface area contributed by atoms with Crippen molar-refractivity contribution in [2.75, 3.05) is 21.3 Å². The number of carbonyl (C=O) groups is 2. The molecule has 6 nitrogen and oxygen atoms in total. The SMILES string of the molecule is COC(=O)C(C(=O)OC)=[N+](C)[O-]. The Kier molecular flexibility index (Phi) is 3.75. The third kappa shape index (κ3) is 2.22. The molecule has 0 aliphatic carbocycles. The molecule has 0 fully saturated rings. The van der Waals surface area contributed by atoms with Crippen molar-refractivity contribution in [2.24, 2.45) is 0 Å². The van der Waals surface area contributed by atoms with Gasteiger partial charge in [-0.25, -0.2) is 9.59 Å². The summed E-state index contributed by atoms with van der Waals surface area (Å²) in [7, 11) is 3.13. The molecule has 0 bridgehead atoms. The summed E-state index contributed by atoms with van der Waals surface area (Å²) in [6, 6.07) is 0. The van der Waals surface area contributed by atoms with Crippen molar-refractivity contribution in [1.82, 2.24) is 0 Å². The van der Waals surface area contributed by atoms with E-state index in [0.717, 1.165) is 21.3 Å². The normalized spacial score (nSPS) is 8.58. The number of hydroxylamine groups is 1. The Morgan fingerprint density at radius 2 is 1.50 bits per heavy atom. The van der Waals surface area contributed by atoms with E-state index in [1.807, 2.05) is 0 Å². The minimum absolute atomic E-state index is 0.0949. The van der Waals surface area contributed by atoms with Gasteiger partial charge in [-0.2, -0.15) is 4.74 Å². The van der Waals surface area contributed by atoms with E-state index in [1.54, 1.807) is 0 Å². The first-order chi connectivity index (χ1) is 5.54. The lowest BCUT2D eigenvalue weighted by atomic mass is 10.4. The van der Waals surface area contributed by atoms with Crippen LogP contribution in [0.1, 0.15) is 0 Å². The predicted octanol–water partition coefficient (Wildman–Crippen LogP) is -1.09. The summed E-state index contributed by atoms with van der Waals surface area (Å²) in [5, 5.41) is 10.6. The zero-order valence-corrected chi connectivity index (χ0v) is 6.99. The van der Waals surface area contributed by atoms with Gasteiger partial charge in [-0.1, -0.05) is 0 Å². The lowest BCUT2D eigenvalue weighted by Crippen LogP contribution is -2.32. The van der Waals surface area contributed by atoms with Crippen molar-refractivity contribution in [2.45, 2.75) is 0 Å². The maximum absolute atomic E-state index is 10.8. The highest BCUT2D eigenvalue weighted by atomic mass is 16.6. The Balaban J connectivity index is 4.83. The summed E-state index contributed by atoms with van der Waals surface area (Å²) in [5.74, 6) is -2.03. The first kappa shape index (κ1) is 10.4. The number of hydrogen-bond donors (Lipinski definition) is 0. The fourth-order valence-electron chi connectivity index (χ4n) is 0.534. The molecule has 0 unspecified atom stereocenters. The van der Waals surface area contributed by atoms with Crippen LogP contribution in [0.3, 0.4) is 0 Å². The molecule has 0 heterocycles. The molecule has 0 atom stereocenters. The van der Waals surface area contributed by atoms with Gasteiger partial charge in [-0.05, 0) is 0 Å². The van der Waals surface area contributed by atoms with Crippen LogP contribution in [0.15, 0.2) is 0 Å². The van der Waals surface area contributed by atoms with Gasteiger partial charge in [0.05, 0.1) is 14.2 Å². The molecule has 0 radical (unpaired) electrons. The Morgan fingerprint density at radius 1 is 1.17 bits per heavy atom. The van der Waals surface area contributed by atoms with Crippen LogP contribution in [-0.4, -0.2) is 43.7 Å². The maximum atomic E-state index is 10.8. The average molecular weight is 175 g/mol. The Bertz CT molecular complexity index is 210. The summed E-state index contributed by atoms with van der Waals surface area (Å²) in [6.45, 7) is 0. The van der Waals surface area contributed by atoms with Crippen molar-refractivity contribution in [3.8, 4) is 0 Å². The third-order valence-electron chi connectivity index (χ3n) is 1.07. The van der Waals surface area contributed by atoms with Gasteiger partial charge in [-0.15, -0.1) is 0 Å². The molecular formula is C6H9NO5. The molecule has 0 amide bonds. The van der Waals surface area contributed by atoms with Crippen LogP contribution in [0.2, 0.25) is 0 Å². The van der Waals surface area contributed by atoms with Crippen LogP contribution < -0.4 is 0 Å². The number of hydrogen-bond acceptors (Lipinski definition) is 5. The van der Waals surface area contributed by atoms with Crippen molar-refractivity contribution < 1.29 is 23.8 Å². The van der Waals surface area contributed by atoms with E-state index in [9.17, 15) is 14.8 Å². The lowest BCUT2D eigenvalue weighted by molar-refractivity contribution is -0.422. The number of methoxy groups -OCH3 is 2. The molecule has 0 rings (SSSR count). The van der Waals surface area contributed by atoms with Gasteiger partial charge < -0.3 is 14.7 Å². The second-order valence-electron chi connectivity index (χ2n) is 1.83. The summed E-state index contributed by atoms with van der Waals surface area (Å²) in [4.78, 5) is 21.5. The lowest BCUT2D eigenvalue weighted by Gasteiger charge is -2.02. The van der Waals surface area contributed by atoms with Gasteiger partial charge in [-0.3, -0.25) is 0 Å². The zero-order chi connectivity index (χ0) is 9.72. The molecule has 0 spiro atoms. The first-order valence-corrected chi connectivity index (χ1v) is 2.99. The quantitative estimate of drug-likeness (QED) is 0.133. The van der Waals surface area contributed by atoms with E-state index >= 15 is 0 Å². The van der Waals surface area contributed by atoms with Crippen molar-refractivity contribution in [3.63, 3.8) is 0 Å². The molecule has 0 aromatic rings. The fourth-order valence-corrected chi connectivity index (χ4v) is 0.534. The van der Waals surface area contributed by atoms with Crippen LogP contribution in [0, 0.1) is 5.21 Å². The predicted molar refractivity (Wildman–Crippen MR) is 38.6 cm³/mol. The molecule has 0 aliphatic rings. The Morgan fingerprint density at radius 3 is 1.67 bits per heavy atom. The number of rotatable bonds is 2. The van der Waals surface area contributed by atoms with Crippen molar-refractivity contribution in [1.29, 1.82) is 0 Å². The van der Waals surface area contributed by atoms with Crippen molar-refractivity contribution in [3.05, 3.63) is 5.21 Å². The van der Waals surface area contributed by atoms with Gasteiger partial charge in [0, 0.05) is 0 Å². The molecule has 0 N–H and O–H groups in total. The molecular weight excluding hydrogens is 166 g/mol. The molecule has 12 heavy (non-hydrogen) atoms. The summed E-state index contributed by atoms with van der Waals surface area (Å²) >= 11 is 0. The largest absolute Gasteiger partial charge is 0.623 e. The summed E-state index contributed by atoms with van der Waals surface area (Å²) < 4.78 is 8.45. The highest BCUT2D eigenvalue weighted by Crippen LogP contribution is 1.86. The number of esters is 2. The van der Waals surface area contributed by atoms with E-state index < -0.39 is 17.7 Å². The van der Waals surface area contributed by atoms with Gasteiger partial charge in [0.15, 0.2) is 0 Å². The average Bonchev–Trinajstić information content (AvgIpc) is 2.03. The topological polar surface area (TPSA) is 78.7 Å². The fraction of sp³-hybridized carbons (Fsp3) is 0.500. The van der Waals surface area contributed by atoms with Crippen LogP contribution in [0.4, 0.5) is 0 Å². The van der Waals surface area contributed by atoms with Gasteiger partial charge >= 0.3 is 17.7 Å². The van der Waals surface area contributed by atoms with Crippen LogP contribution >= 0.6 is 0 Å². The van der Waals surface area contributed by atoms with Crippen molar-refractivity contribution >= 4 is 17.7 Å². The van der Waals surface area contributed by atoms with Crippen LogP contribution in [0.25, 0.3) is 0 Å². The molecule has 0 aromatic carbocycles. The number of carbonyl (C=O) groups excluding carboxylic acids is 2. The van der Waals surface area contributed by atoms with E-state index in [-0.39, 0.29) is 4.74 Å². The number of nitrogens with zero attached hydrogens (tertiary/aromatic N) is 1. The molecule has 68 valence electrons. The smallest absolute Gasteiger partial charge is 0.412 e. The van der Waals surface area contributed by atoms with E-state index in [1.165, 1.54) is 0 Å². The minimum Gasteiger partial charge on any atom is -0.623 e. The maximum Gasteiger partial charge on any atom is 0.412 e. The Labute approximate surface area is 69.0 Å².